The van der Waals surface area contributed by atoms with Crippen LogP contribution in [0.5, 0.6) is 0 Å². The molecule has 0 bridgehead atoms. The van der Waals surface area contributed by atoms with Crippen LogP contribution in [0.15, 0.2) is 24.3 Å². The highest BCUT2D eigenvalue weighted by molar-refractivity contribution is 5.75. The lowest BCUT2D eigenvalue weighted by Gasteiger charge is -2.03. The first-order valence-corrected chi connectivity index (χ1v) is 4.68. The lowest BCUT2D eigenvalue weighted by atomic mass is 10.0. The number of benzene rings is 1. The summed E-state index contributed by atoms with van der Waals surface area (Å²) in [5, 5.41) is 0. The van der Waals surface area contributed by atoms with Gasteiger partial charge in [0.15, 0.2) is 0 Å². The number of carbonyl (C=O) groups is 1. The second-order valence-corrected chi connectivity index (χ2v) is 4.53. The van der Waals surface area contributed by atoms with Crippen LogP contribution in [0.2, 0.25) is 0 Å². The molecule has 0 spiro atoms. The van der Waals surface area contributed by atoms with E-state index in [-0.39, 0.29) is 0 Å². The summed E-state index contributed by atoms with van der Waals surface area (Å²) in [5.41, 5.74) is 2.55. The number of rotatable bonds is 2. The minimum Gasteiger partial charge on any atom is -0.298 e. The molecular weight excluding hydrogens is 160 g/mol. The Morgan fingerprint density at radius 1 is 1.46 bits per heavy atom. The fraction of sp³-hybridized carbons (Fsp3) is 0.417. The minimum absolute atomic E-state index is 0.446. The summed E-state index contributed by atoms with van der Waals surface area (Å²) in [4.78, 5) is 10.6. The number of carbonyl (C=O) groups excluding carboxylic acids is 1. The minimum atomic E-state index is 0.446. The molecular formula is C12H14O. The Labute approximate surface area is 78.8 Å². The van der Waals surface area contributed by atoms with Gasteiger partial charge in [-0.3, -0.25) is 4.79 Å². The number of hydrogen-bond acceptors (Lipinski definition) is 1. The lowest BCUT2D eigenvalue weighted by molar-refractivity contribution is 0.112. The third kappa shape index (κ3) is 1.51. The molecule has 0 saturated heterocycles. The normalized spacial score (nSPS) is 24.0. The van der Waals surface area contributed by atoms with Gasteiger partial charge >= 0.3 is 0 Å². The molecule has 1 heteroatoms. The molecule has 0 aromatic heterocycles. The first-order chi connectivity index (χ1) is 6.13. The molecule has 0 N–H and O–H groups in total. The van der Waals surface area contributed by atoms with E-state index in [9.17, 15) is 4.79 Å². The zero-order valence-electron chi connectivity index (χ0n) is 8.08. The van der Waals surface area contributed by atoms with Crippen LogP contribution in [0.1, 0.15) is 42.1 Å². The molecule has 1 aromatic carbocycles. The van der Waals surface area contributed by atoms with Gasteiger partial charge < -0.3 is 0 Å². The van der Waals surface area contributed by atoms with Gasteiger partial charge in [-0.2, -0.15) is 0 Å². The van der Waals surface area contributed by atoms with Crippen LogP contribution in [-0.4, -0.2) is 6.29 Å². The highest BCUT2D eigenvalue weighted by Crippen LogP contribution is 2.58. The van der Waals surface area contributed by atoms with Crippen molar-refractivity contribution in [2.45, 2.75) is 26.2 Å². The van der Waals surface area contributed by atoms with Crippen LogP contribution < -0.4 is 0 Å². The summed E-state index contributed by atoms with van der Waals surface area (Å²) in [6.07, 6.45) is 2.16. The second-order valence-electron chi connectivity index (χ2n) is 4.53. The Kier molecular flexibility index (Phi) is 1.76. The fourth-order valence-corrected chi connectivity index (χ4v) is 1.89. The van der Waals surface area contributed by atoms with Crippen LogP contribution in [0.3, 0.4) is 0 Å². The molecule has 1 aromatic rings. The summed E-state index contributed by atoms with van der Waals surface area (Å²) in [6, 6.07) is 7.94. The first-order valence-electron chi connectivity index (χ1n) is 4.68. The van der Waals surface area contributed by atoms with Crippen LogP contribution in [0.25, 0.3) is 0 Å². The lowest BCUT2D eigenvalue weighted by Crippen LogP contribution is -1.90. The summed E-state index contributed by atoms with van der Waals surface area (Å²) in [6.45, 7) is 4.54. The van der Waals surface area contributed by atoms with Crippen molar-refractivity contribution in [2.75, 3.05) is 0 Å². The SMILES string of the molecule is CC1(C)CC1c1cccc(C=O)c1. The summed E-state index contributed by atoms with van der Waals surface area (Å²) in [5.74, 6) is 0.660. The molecule has 1 nitrogen and oxygen atoms in total. The molecule has 1 atom stereocenters. The van der Waals surface area contributed by atoms with Crippen LogP contribution in [0.4, 0.5) is 0 Å². The molecule has 1 fully saturated rings. The smallest absolute Gasteiger partial charge is 0.150 e. The molecule has 1 saturated carbocycles. The molecule has 0 aliphatic heterocycles. The molecule has 0 amide bonds. The van der Waals surface area contributed by atoms with Crippen molar-refractivity contribution in [3.8, 4) is 0 Å². The van der Waals surface area contributed by atoms with Crippen molar-refractivity contribution in [1.29, 1.82) is 0 Å². The maximum Gasteiger partial charge on any atom is 0.150 e. The molecule has 1 unspecified atom stereocenters. The van der Waals surface area contributed by atoms with Gasteiger partial charge in [0.2, 0.25) is 0 Å². The molecule has 0 radical (unpaired) electrons. The highest BCUT2D eigenvalue weighted by atomic mass is 16.1. The molecule has 2 rings (SSSR count). The Morgan fingerprint density at radius 2 is 2.15 bits per heavy atom. The molecule has 1 aliphatic carbocycles. The molecule has 0 heterocycles. The summed E-state index contributed by atoms with van der Waals surface area (Å²) < 4.78 is 0. The van der Waals surface area contributed by atoms with Gasteiger partial charge in [-0.05, 0) is 29.4 Å². The van der Waals surface area contributed by atoms with Crippen molar-refractivity contribution in [3.63, 3.8) is 0 Å². The van der Waals surface area contributed by atoms with Crippen LogP contribution in [-0.2, 0) is 0 Å². The van der Waals surface area contributed by atoms with E-state index in [1.54, 1.807) is 0 Å². The predicted molar refractivity (Wildman–Crippen MR) is 53.0 cm³/mol. The van der Waals surface area contributed by atoms with E-state index in [4.69, 9.17) is 0 Å². The van der Waals surface area contributed by atoms with E-state index >= 15 is 0 Å². The van der Waals surface area contributed by atoms with Gasteiger partial charge in [-0.1, -0.05) is 32.0 Å². The third-order valence-electron chi connectivity index (χ3n) is 2.96. The van der Waals surface area contributed by atoms with Gasteiger partial charge in [-0.15, -0.1) is 0 Å². The van der Waals surface area contributed by atoms with Gasteiger partial charge in [0.05, 0.1) is 0 Å². The van der Waals surface area contributed by atoms with E-state index in [1.807, 2.05) is 18.2 Å². The van der Waals surface area contributed by atoms with Crippen molar-refractivity contribution < 1.29 is 4.79 Å². The monoisotopic (exact) mass is 174 g/mol. The van der Waals surface area contributed by atoms with E-state index in [0.29, 0.717) is 11.3 Å². The van der Waals surface area contributed by atoms with Gasteiger partial charge in [0.25, 0.3) is 0 Å². The third-order valence-corrected chi connectivity index (χ3v) is 2.96. The van der Waals surface area contributed by atoms with Gasteiger partial charge in [0, 0.05) is 5.56 Å². The zero-order chi connectivity index (χ0) is 9.47. The van der Waals surface area contributed by atoms with E-state index < -0.39 is 0 Å². The second kappa shape index (κ2) is 2.69. The average molecular weight is 174 g/mol. The maximum atomic E-state index is 10.6. The topological polar surface area (TPSA) is 17.1 Å². The highest BCUT2D eigenvalue weighted by Gasteiger charge is 2.46. The Bertz CT molecular complexity index is 339. The zero-order valence-corrected chi connectivity index (χ0v) is 8.08. The Hall–Kier alpha value is -1.11. The maximum absolute atomic E-state index is 10.6. The number of aldehydes is 1. The van der Waals surface area contributed by atoms with Gasteiger partial charge in [0.1, 0.15) is 6.29 Å². The predicted octanol–water partition coefficient (Wildman–Crippen LogP) is 3.01. The van der Waals surface area contributed by atoms with Crippen molar-refractivity contribution >= 4 is 6.29 Å². The largest absolute Gasteiger partial charge is 0.298 e. The van der Waals surface area contributed by atoms with E-state index in [1.165, 1.54) is 12.0 Å². The first kappa shape index (κ1) is 8.49. The van der Waals surface area contributed by atoms with Crippen molar-refractivity contribution in [3.05, 3.63) is 35.4 Å². The number of hydrogen-bond donors (Lipinski definition) is 0. The fourth-order valence-electron chi connectivity index (χ4n) is 1.89. The van der Waals surface area contributed by atoms with Gasteiger partial charge in [-0.25, -0.2) is 0 Å². The standard InChI is InChI=1S/C12H14O/c1-12(2)7-11(12)10-5-3-4-9(6-10)8-13/h3-6,8,11H,7H2,1-2H3. The summed E-state index contributed by atoms with van der Waals surface area (Å²) >= 11 is 0. The quantitative estimate of drug-likeness (QED) is 0.630. The van der Waals surface area contributed by atoms with E-state index in [0.717, 1.165) is 11.8 Å². The summed E-state index contributed by atoms with van der Waals surface area (Å²) in [7, 11) is 0. The average Bonchev–Trinajstić information content (AvgIpc) is 2.76. The Balaban J connectivity index is 2.27. The molecule has 68 valence electrons. The van der Waals surface area contributed by atoms with Crippen molar-refractivity contribution in [2.24, 2.45) is 5.41 Å². The molecule has 13 heavy (non-hydrogen) atoms. The van der Waals surface area contributed by atoms with Crippen LogP contribution in [0, 0.1) is 5.41 Å². The van der Waals surface area contributed by atoms with Crippen LogP contribution >= 0.6 is 0 Å². The van der Waals surface area contributed by atoms with E-state index in [2.05, 4.69) is 19.9 Å². The Morgan fingerprint density at radius 3 is 2.69 bits per heavy atom. The molecule has 1 aliphatic rings. The van der Waals surface area contributed by atoms with Crippen molar-refractivity contribution in [1.82, 2.24) is 0 Å².